The summed E-state index contributed by atoms with van der Waals surface area (Å²) < 4.78 is 38.2. The van der Waals surface area contributed by atoms with Crippen LogP contribution in [0.25, 0.3) is 10.6 Å². The molecule has 0 saturated heterocycles. The Morgan fingerprint density at radius 3 is 2.00 bits per heavy atom. The summed E-state index contributed by atoms with van der Waals surface area (Å²) in [7, 11) is 0. The maximum absolute atomic E-state index is 12.7. The smallest absolute Gasteiger partial charge is 0.241 e. The van der Waals surface area contributed by atoms with Crippen molar-refractivity contribution >= 4 is 11.3 Å². The number of rotatable bonds is 2. The molecule has 25 heavy (non-hydrogen) atoms. The highest BCUT2D eigenvalue weighted by molar-refractivity contribution is 7.13. The maximum Gasteiger partial charge on any atom is 0.416 e. The third-order valence-electron chi connectivity index (χ3n) is 6.54. The summed E-state index contributed by atoms with van der Waals surface area (Å²) in [6.07, 6.45) is 3.69. The molecule has 1 aromatic carbocycles. The summed E-state index contributed by atoms with van der Waals surface area (Å²) in [6, 6.07) is 5.40. The second-order valence-corrected chi connectivity index (χ2v) is 9.17. The Morgan fingerprint density at radius 1 is 0.920 bits per heavy atom. The number of hydrogen-bond acceptors (Lipinski definition) is 2. The molecule has 1 aromatic heterocycles. The summed E-state index contributed by atoms with van der Waals surface area (Å²) in [4.78, 5) is 4.90. The quantitative estimate of drug-likeness (QED) is 0.610. The SMILES string of the molecule is FC(F)(F)c1ccc(-c2nc(C34CC5CC(CC(C5)C3)C4)cs2)cc1. The fourth-order valence-corrected chi connectivity index (χ4v) is 6.83. The van der Waals surface area contributed by atoms with E-state index in [9.17, 15) is 13.2 Å². The summed E-state index contributed by atoms with van der Waals surface area (Å²) in [6.45, 7) is 0. The molecule has 5 heteroatoms. The van der Waals surface area contributed by atoms with Gasteiger partial charge in [0, 0.05) is 16.4 Å². The first-order chi connectivity index (χ1) is 11.9. The minimum atomic E-state index is -4.29. The number of alkyl halides is 3. The van der Waals surface area contributed by atoms with Crippen LogP contribution in [-0.4, -0.2) is 4.98 Å². The third kappa shape index (κ3) is 2.62. The molecule has 132 valence electrons. The number of thiazole rings is 1. The average Bonchev–Trinajstić information content (AvgIpc) is 3.04. The summed E-state index contributed by atoms with van der Waals surface area (Å²) in [5.74, 6) is 2.59. The predicted molar refractivity (Wildman–Crippen MR) is 92.4 cm³/mol. The molecular formula is C20H20F3NS. The molecule has 4 aliphatic carbocycles. The Kier molecular flexibility index (Phi) is 3.38. The van der Waals surface area contributed by atoms with Crippen LogP contribution < -0.4 is 0 Å². The molecule has 4 aliphatic rings. The molecular weight excluding hydrogens is 343 g/mol. The fourth-order valence-electron chi connectivity index (χ4n) is 5.88. The number of aromatic nitrogens is 1. The zero-order valence-corrected chi connectivity index (χ0v) is 14.7. The van der Waals surface area contributed by atoms with Gasteiger partial charge in [-0.05, 0) is 68.4 Å². The largest absolute Gasteiger partial charge is 0.416 e. The lowest BCUT2D eigenvalue weighted by Gasteiger charge is -2.56. The molecule has 1 heterocycles. The van der Waals surface area contributed by atoms with Crippen LogP contribution in [0.2, 0.25) is 0 Å². The molecule has 1 nitrogen and oxygen atoms in total. The van der Waals surface area contributed by atoms with E-state index in [4.69, 9.17) is 4.98 Å². The highest BCUT2D eigenvalue weighted by Gasteiger charge is 2.52. The monoisotopic (exact) mass is 363 g/mol. The molecule has 0 unspecified atom stereocenters. The van der Waals surface area contributed by atoms with Gasteiger partial charge in [-0.15, -0.1) is 11.3 Å². The number of halogens is 3. The molecule has 4 fully saturated rings. The Bertz CT molecular complexity index is 755. The summed E-state index contributed by atoms with van der Waals surface area (Å²) >= 11 is 1.57. The standard InChI is InChI=1S/C20H20F3NS/c21-20(22,23)16-3-1-15(2-4-16)18-24-17(11-25-18)19-8-12-5-13(9-19)7-14(6-12)10-19/h1-4,11-14H,5-10H2. The molecule has 0 N–H and O–H groups in total. The molecule has 0 spiro atoms. The van der Waals surface area contributed by atoms with Crippen molar-refractivity contribution in [2.24, 2.45) is 17.8 Å². The molecule has 0 aliphatic heterocycles. The van der Waals surface area contributed by atoms with Crippen molar-refractivity contribution in [1.82, 2.24) is 4.98 Å². The minimum absolute atomic E-state index is 0.245. The van der Waals surface area contributed by atoms with Crippen molar-refractivity contribution in [2.75, 3.05) is 0 Å². The van der Waals surface area contributed by atoms with Gasteiger partial charge in [0.25, 0.3) is 0 Å². The number of nitrogens with zero attached hydrogens (tertiary/aromatic N) is 1. The molecule has 0 amide bonds. The van der Waals surface area contributed by atoms with Crippen molar-refractivity contribution in [3.63, 3.8) is 0 Å². The molecule has 4 saturated carbocycles. The van der Waals surface area contributed by atoms with E-state index in [1.807, 2.05) is 0 Å². The van der Waals surface area contributed by atoms with E-state index >= 15 is 0 Å². The predicted octanol–water partition coefficient (Wildman–Crippen LogP) is 6.30. The highest BCUT2D eigenvalue weighted by Crippen LogP contribution is 2.60. The van der Waals surface area contributed by atoms with E-state index < -0.39 is 11.7 Å². The Labute approximate surface area is 149 Å². The average molecular weight is 363 g/mol. The van der Waals surface area contributed by atoms with Gasteiger partial charge in [0.05, 0.1) is 11.3 Å². The highest BCUT2D eigenvalue weighted by atomic mass is 32.1. The van der Waals surface area contributed by atoms with Gasteiger partial charge in [-0.1, -0.05) is 12.1 Å². The Balaban J connectivity index is 1.44. The lowest BCUT2D eigenvalue weighted by Crippen LogP contribution is -2.48. The zero-order valence-electron chi connectivity index (χ0n) is 13.9. The van der Waals surface area contributed by atoms with Crippen molar-refractivity contribution in [3.8, 4) is 10.6 Å². The van der Waals surface area contributed by atoms with E-state index in [2.05, 4.69) is 5.38 Å². The number of hydrogen-bond donors (Lipinski definition) is 0. The van der Waals surface area contributed by atoms with Gasteiger partial charge in [-0.2, -0.15) is 13.2 Å². The van der Waals surface area contributed by atoms with Gasteiger partial charge >= 0.3 is 6.18 Å². The fraction of sp³-hybridized carbons (Fsp3) is 0.550. The van der Waals surface area contributed by atoms with Crippen LogP contribution in [0.3, 0.4) is 0 Å². The normalized spacial score (nSPS) is 33.8. The van der Waals surface area contributed by atoms with Crippen molar-refractivity contribution in [1.29, 1.82) is 0 Å². The topological polar surface area (TPSA) is 12.9 Å². The van der Waals surface area contributed by atoms with Crippen LogP contribution >= 0.6 is 11.3 Å². The Hall–Kier alpha value is -1.36. The second-order valence-electron chi connectivity index (χ2n) is 8.31. The van der Waals surface area contributed by atoms with Crippen LogP contribution in [0.1, 0.15) is 49.8 Å². The van der Waals surface area contributed by atoms with Gasteiger partial charge in [0.2, 0.25) is 0 Å². The summed E-state index contributed by atoms with van der Waals surface area (Å²) in [5.41, 5.74) is 1.63. The van der Waals surface area contributed by atoms with Gasteiger partial charge < -0.3 is 0 Å². The van der Waals surface area contributed by atoms with Gasteiger partial charge in [0.1, 0.15) is 5.01 Å². The third-order valence-corrected chi connectivity index (χ3v) is 7.44. The molecule has 0 atom stereocenters. The van der Waals surface area contributed by atoms with Crippen LogP contribution in [0, 0.1) is 17.8 Å². The number of benzene rings is 1. The van der Waals surface area contributed by atoms with Crippen molar-refractivity contribution in [2.45, 2.75) is 50.1 Å². The van der Waals surface area contributed by atoms with E-state index in [0.717, 1.165) is 40.5 Å². The van der Waals surface area contributed by atoms with Crippen molar-refractivity contribution in [3.05, 3.63) is 40.9 Å². The molecule has 0 radical (unpaired) electrons. The first kappa shape index (κ1) is 15.9. The Morgan fingerprint density at radius 2 is 1.48 bits per heavy atom. The lowest BCUT2D eigenvalue weighted by atomic mass is 9.49. The molecule has 4 bridgehead atoms. The summed E-state index contributed by atoms with van der Waals surface area (Å²) in [5, 5.41) is 3.01. The van der Waals surface area contributed by atoms with Crippen LogP contribution in [0.4, 0.5) is 13.2 Å². The minimum Gasteiger partial charge on any atom is -0.241 e. The van der Waals surface area contributed by atoms with Gasteiger partial charge in [-0.3, -0.25) is 0 Å². The van der Waals surface area contributed by atoms with E-state index in [0.29, 0.717) is 0 Å². The maximum atomic E-state index is 12.7. The zero-order chi connectivity index (χ0) is 17.2. The first-order valence-electron chi connectivity index (χ1n) is 9.05. The van der Waals surface area contributed by atoms with Crippen LogP contribution in [-0.2, 0) is 11.6 Å². The molecule has 6 rings (SSSR count). The van der Waals surface area contributed by atoms with E-state index in [1.54, 1.807) is 23.5 Å². The van der Waals surface area contributed by atoms with E-state index in [1.165, 1.54) is 44.2 Å². The second kappa shape index (κ2) is 5.32. The van der Waals surface area contributed by atoms with Gasteiger partial charge in [0.15, 0.2) is 0 Å². The lowest BCUT2D eigenvalue weighted by molar-refractivity contribution is -0.137. The van der Waals surface area contributed by atoms with Gasteiger partial charge in [-0.25, -0.2) is 4.98 Å². The van der Waals surface area contributed by atoms with Crippen molar-refractivity contribution < 1.29 is 13.2 Å². The van der Waals surface area contributed by atoms with Crippen LogP contribution in [0.15, 0.2) is 29.6 Å². The van der Waals surface area contributed by atoms with E-state index in [-0.39, 0.29) is 5.41 Å². The van der Waals surface area contributed by atoms with Crippen LogP contribution in [0.5, 0.6) is 0 Å². The first-order valence-corrected chi connectivity index (χ1v) is 9.93. The molecule has 2 aromatic rings.